The van der Waals surface area contributed by atoms with E-state index >= 15 is 0 Å². The summed E-state index contributed by atoms with van der Waals surface area (Å²) in [5.41, 5.74) is 9.50. The average Bonchev–Trinajstić information content (AvgIpc) is 1.64. The molecule has 0 aromatic carbocycles. The van der Waals surface area contributed by atoms with Crippen molar-refractivity contribution in [3.05, 3.63) is 0 Å². The Labute approximate surface area is 75.3 Å². The number of hydrogen-bond donors (Lipinski definition) is 2. The summed E-state index contributed by atoms with van der Waals surface area (Å²) in [5.74, 6) is 0. The smallest absolute Gasteiger partial charge is 0.330 e. The van der Waals surface area contributed by atoms with Crippen LogP contribution >= 0.6 is 24.8 Å². The third-order valence-electron chi connectivity index (χ3n) is 0.898. The van der Waals surface area contributed by atoms with Gasteiger partial charge < -0.3 is 11.5 Å². The molecule has 0 bridgehead atoms. The third kappa shape index (κ3) is 8.19. The summed E-state index contributed by atoms with van der Waals surface area (Å²) in [5, 5.41) is 0. The SMILES string of the molecule is Cl.Cl.NCCC(N)C(F)(F)F. The molecule has 1 unspecified atom stereocenters. The fraction of sp³-hybridized carbons (Fsp3) is 1.00. The lowest BCUT2D eigenvalue weighted by molar-refractivity contribution is -0.148. The molecule has 0 saturated heterocycles. The first-order valence-corrected chi connectivity index (χ1v) is 2.51. The molecule has 2 nitrogen and oxygen atoms in total. The molecule has 0 aliphatic rings. The van der Waals surface area contributed by atoms with E-state index in [4.69, 9.17) is 5.73 Å². The van der Waals surface area contributed by atoms with Crippen LogP contribution in [0.3, 0.4) is 0 Å². The molecule has 0 aromatic rings. The van der Waals surface area contributed by atoms with E-state index in [0.29, 0.717) is 0 Å². The maximum Gasteiger partial charge on any atom is 0.403 e. The number of hydrogen-bond acceptors (Lipinski definition) is 2. The van der Waals surface area contributed by atoms with Gasteiger partial charge in [-0.2, -0.15) is 13.2 Å². The molecule has 4 N–H and O–H groups in total. The largest absolute Gasteiger partial charge is 0.403 e. The van der Waals surface area contributed by atoms with Gasteiger partial charge in [-0.3, -0.25) is 0 Å². The molecule has 0 aliphatic heterocycles. The Bertz CT molecular complexity index is 87.9. The van der Waals surface area contributed by atoms with Crippen LogP contribution in [0, 0.1) is 0 Å². The molecule has 0 aliphatic carbocycles. The lowest BCUT2D eigenvalue weighted by Crippen LogP contribution is -2.38. The number of alkyl halides is 3. The summed E-state index contributed by atoms with van der Waals surface area (Å²) in [4.78, 5) is 0. The van der Waals surface area contributed by atoms with E-state index in [2.05, 4.69) is 5.73 Å². The average molecular weight is 215 g/mol. The molecule has 0 spiro atoms. The summed E-state index contributed by atoms with van der Waals surface area (Å²) in [6, 6.07) is -1.76. The van der Waals surface area contributed by atoms with Gasteiger partial charge in [-0.1, -0.05) is 0 Å². The van der Waals surface area contributed by atoms with Crippen molar-refractivity contribution in [1.82, 2.24) is 0 Å². The lowest BCUT2D eigenvalue weighted by Gasteiger charge is -2.13. The second-order valence-electron chi connectivity index (χ2n) is 1.73. The maximum atomic E-state index is 11.5. The highest BCUT2D eigenvalue weighted by molar-refractivity contribution is 5.85. The highest BCUT2D eigenvalue weighted by atomic mass is 35.5. The Kier molecular flexibility index (Phi) is 11.0. The maximum absolute atomic E-state index is 11.5. The summed E-state index contributed by atoms with van der Waals surface area (Å²) in [6.45, 7) is -0.0271. The van der Waals surface area contributed by atoms with E-state index in [1.165, 1.54) is 0 Å². The van der Waals surface area contributed by atoms with Gasteiger partial charge in [-0.25, -0.2) is 0 Å². The molecule has 0 amide bonds. The highest BCUT2D eigenvalue weighted by Gasteiger charge is 2.35. The van der Waals surface area contributed by atoms with Gasteiger partial charge >= 0.3 is 6.18 Å². The van der Waals surface area contributed by atoms with E-state index in [0.717, 1.165) is 0 Å². The van der Waals surface area contributed by atoms with Crippen LogP contribution in [-0.4, -0.2) is 18.8 Å². The lowest BCUT2D eigenvalue weighted by atomic mass is 10.2. The second-order valence-corrected chi connectivity index (χ2v) is 1.73. The molecule has 7 heteroatoms. The van der Waals surface area contributed by atoms with Crippen LogP contribution in [0.5, 0.6) is 0 Å². The summed E-state index contributed by atoms with van der Waals surface area (Å²) in [7, 11) is 0. The molecule has 0 saturated carbocycles. The van der Waals surface area contributed by atoms with E-state index in [1.807, 2.05) is 0 Å². The molecule has 0 rings (SSSR count). The van der Waals surface area contributed by atoms with Crippen LogP contribution in [0.2, 0.25) is 0 Å². The van der Waals surface area contributed by atoms with Crippen molar-refractivity contribution >= 4 is 24.8 Å². The molecule has 0 aromatic heterocycles. The Morgan fingerprint density at radius 3 is 1.64 bits per heavy atom. The predicted molar refractivity (Wildman–Crippen MR) is 42.2 cm³/mol. The summed E-state index contributed by atoms with van der Waals surface area (Å²) < 4.78 is 34.4. The molecular weight excluding hydrogens is 204 g/mol. The second kappa shape index (κ2) is 6.97. The van der Waals surface area contributed by atoms with Crippen LogP contribution in [-0.2, 0) is 0 Å². The van der Waals surface area contributed by atoms with Crippen molar-refractivity contribution in [2.75, 3.05) is 6.54 Å². The first kappa shape index (κ1) is 17.4. The zero-order chi connectivity index (χ0) is 7.49. The van der Waals surface area contributed by atoms with Gasteiger partial charge in [0.15, 0.2) is 0 Å². The number of rotatable bonds is 2. The summed E-state index contributed by atoms with van der Waals surface area (Å²) >= 11 is 0. The standard InChI is InChI=1S/C4H9F3N2.2ClH/c5-4(6,7)3(9)1-2-8;;/h3H,1-2,8-9H2;2*1H. The molecule has 1 atom stereocenters. The van der Waals surface area contributed by atoms with Crippen LogP contribution in [0.25, 0.3) is 0 Å². The first-order valence-electron chi connectivity index (χ1n) is 2.51. The van der Waals surface area contributed by atoms with Crippen LogP contribution in [0.4, 0.5) is 13.2 Å². The van der Waals surface area contributed by atoms with Crippen molar-refractivity contribution in [3.63, 3.8) is 0 Å². The van der Waals surface area contributed by atoms with Gasteiger partial charge in [0.1, 0.15) is 6.04 Å². The molecule has 0 radical (unpaired) electrons. The van der Waals surface area contributed by atoms with Gasteiger partial charge in [0.2, 0.25) is 0 Å². The minimum atomic E-state index is -4.29. The molecule has 0 heterocycles. The Morgan fingerprint density at radius 2 is 1.55 bits per heavy atom. The van der Waals surface area contributed by atoms with Gasteiger partial charge in [0.25, 0.3) is 0 Å². The van der Waals surface area contributed by atoms with Crippen molar-refractivity contribution in [1.29, 1.82) is 0 Å². The fourth-order valence-electron chi connectivity index (χ4n) is 0.343. The molecule has 0 fully saturated rings. The molecule has 11 heavy (non-hydrogen) atoms. The van der Waals surface area contributed by atoms with Gasteiger partial charge in [0.05, 0.1) is 0 Å². The number of nitrogens with two attached hydrogens (primary N) is 2. The van der Waals surface area contributed by atoms with E-state index in [9.17, 15) is 13.2 Å². The zero-order valence-corrected chi connectivity index (χ0v) is 7.23. The van der Waals surface area contributed by atoms with E-state index in [1.54, 1.807) is 0 Å². The third-order valence-corrected chi connectivity index (χ3v) is 0.898. The zero-order valence-electron chi connectivity index (χ0n) is 5.60. The van der Waals surface area contributed by atoms with Crippen molar-refractivity contribution in [2.24, 2.45) is 11.5 Å². The Balaban J connectivity index is -0.000000320. The van der Waals surface area contributed by atoms with Crippen molar-refractivity contribution in [2.45, 2.75) is 18.6 Å². The van der Waals surface area contributed by atoms with Crippen molar-refractivity contribution < 1.29 is 13.2 Å². The topological polar surface area (TPSA) is 52.0 Å². The minimum Gasteiger partial charge on any atom is -0.330 e. The van der Waals surface area contributed by atoms with Gasteiger partial charge in [0, 0.05) is 0 Å². The highest BCUT2D eigenvalue weighted by Crippen LogP contribution is 2.19. The van der Waals surface area contributed by atoms with Crippen LogP contribution < -0.4 is 11.5 Å². The fourth-order valence-corrected chi connectivity index (χ4v) is 0.343. The predicted octanol–water partition coefficient (Wildman–Crippen LogP) is 1.07. The van der Waals surface area contributed by atoms with E-state index in [-0.39, 0.29) is 37.8 Å². The Morgan fingerprint density at radius 1 is 1.18 bits per heavy atom. The summed E-state index contributed by atoms with van der Waals surface area (Å²) in [6.07, 6.45) is -4.50. The van der Waals surface area contributed by atoms with E-state index < -0.39 is 12.2 Å². The first-order chi connectivity index (χ1) is 3.98. The molecular formula is C4H11Cl2F3N2. The van der Waals surface area contributed by atoms with Crippen LogP contribution in [0.1, 0.15) is 6.42 Å². The normalized spacial score (nSPS) is 12.8. The number of halogens is 5. The van der Waals surface area contributed by atoms with Crippen molar-refractivity contribution in [3.8, 4) is 0 Å². The molecule has 72 valence electrons. The van der Waals surface area contributed by atoms with Gasteiger partial charge in [-0.15, -0.1) is 24.8 Å². The Hall–Kier alpha value is 0.290. The monoisotopic (exact) mass is 214 g/mol. The van der Waals surface area contributed by atoms with Crippen LogP contribution in [0.15, 0.2) is 0 Å². The minimum absolute atomic E-state index is 0. The van der Waals surface area contributed by atoms with Gasteiger partial charge in [-0.05, 0) is 13.0 Å². The quantitative estimate of drug-likeness (QED) is 0.723.